The van der Waals surface area contributed by atoms with E-state index in [9.17, 15) is 8.42 Å². The molecule has 0 fully saturated rings. The molecule has 0 aliphatic rings. The maximum atomic E-state index is 10.9. The van der Waals surface area contributed by atoms with Gasteiger partial charge in [-0.25, -0.2) is 13.4 Å². The molecule has 12 heavy (non-hydrogen) atoms. The summed E-state index contributed by atoms with van der Waals surface area (Å²) in [6.07, 6.45) is 1.55. The van der Waals surface area contributed by atoms with E-state index in [0.29, 0.717) is 0 Å². The van der Waals surface area contributed by atoms with E-state index >= 15 is 0 Å². The van der Waals surface area contributed by atoms with E-state index in [0.717, 1.165) is 5.56 Å². The average Bonchev–Trinajstić information content (AvgIpc) is 1.92. The standard InChI is InChI=1S/C6H5BrClNO2S/c1-4-2-5(12(8,10)11)6(7)9-3-4/h2-3H,1H3. The third-order valence-corrected chi connectivity index (χ3v) is 3.44. The lowest BCUT2D eigenvalue weighted by atomic mass is 10.3. The third kappa shape index (κ3) is 2.18. The zero-order chi connectivity index (χ0) is 9.35. The Morgan fingerprint density at radius 3 is 2.58 bits per heavy atom. The summed E-state index contributed by atoms with van der Waals surface area (Å²) < 4.78 is 22.0. The molecule has 3 nitrogen and oxygen atoms in total. The van der Waals surface area contributed by atoms with Gasteiger partial charge in [-0.05, 0) is 34.5 Å². The van der Waals surface area contributed by atoms with Crippen molar-refractivity contribution in [2.75, 3.05) is 0 Å². The number of rotatable bonds is 1. The number of aryl methyl sites for hydroxylation is 1. The fraction of sp³-hybridized carbons (Fsp3) is 0.167. The predicted molar refractivity (Wildman–Crippen MR) is 49.7 cm³/mol. The number of halogens is 2. The van der Waals surface area contributed by atoms with Crippen molar-refractivity contribution >= 4 is 35.7 Å². The highest BCUT2D eigenvalue weighted by Gasteiger charge is 2.14. The summed E-state index contributed by atoms with van der Waals surface area (Å²) in [5.41, 5.74) is 0.748. The largest absolute Gasteiger partial charge is 0.264 e. The molecule has 6 heteroatoms. The van der Waals surface area contributed by atoms with Crippen LogP contribution < -0.4 is 0 Å². The van der Waals surface area contributed by atoms with Crippen molar-refractivity contribution in [2.45, 2.75) is 11.8 Å². The molecule has 0 amide bonds. The van der Waals surface area contributed by atoms with Crippen LogP contribution in [-0.4, -0.2) is 13.4 Å². The molecule has 0 N–H and O–H groups in total. The van der Waals surface area contributed by atoms with E-state index in [1.54, 1.807) is 13.1 Å². The summed E-state index contributed by atoms with van der Waals surface area (Å²) in [5.74, 6) is 0. The second-order valence-electron chi connectivity index (χ2n) is 2.24. The number of pyridine rings is 1. The van der Waals surface area contributed by atoms with Crippen molar-refractivity contribution < 1.29 is 8.42 Å². The van der Waals surface area contributed by atoms with E-state index in [2.05, 4.69) is 20.9 Å². The van der Waals surface area contributed by atoms with E-state index in [-0.39, 0.29) is 9.50 Å². The first-order valence-electron chi connectivity index (χ1n) is 2.98. The molecule has 0 unspecified atom stereocenters. The summed E-state index contributed by atoms with van der Waals surface area (Å²) in [6.45, 7) is 1.74. The quantitative estimate of drug-likeness (QED) is 0.580. The van der Waals surface area contributed by atoms with Gasteiger partial charge < -0.3 is 0 Å². The van der Waals surface area contributed by atoms with E-state index in [1.165, 1.54) is 6.07 Å². The third-order valence-electron chi connectivity index (χ3n) is 1.21. The monoisotopic (exact) mass is 269 g/mol. The number of hydrogen-bond donors (Lipinski definition) is 0. The van der Waals surface area contributed by atoms with Gasteiger partial charge in [0.05, 0.1) is 0 Å². The molecule has 1 aromatic rings. The van der Waals surface area contributed by atoms with Crippen molar-refractivity contribution in [3.63, 3.8) is 0 Å². The van der Waals surface area contributed by atoms with Gasteiger partial charge in [0.25, 0.3) is 9.05 Å². The van der Waals surface area contributed by atoms with E-state index in [1.807, 2.05) is 0 Å². The first-order valence-corrected chi connectivity index (χ1v) is 6.08. The maximum absolute atomic E-state index is 10.9. The van der Waals surface area contributed by atoms with Crippen molar-refractivity contribution in [1.29, 1.82) is 0 Å². The van der Waals surface area contributed by atoms with Gasteiger partial charge in [-0.15, -0.1) is 0 Å². The minimum absolute atomic E-state index is 0.00386. The maximum Gasteiger partial charge on any atom is 0.264 e. The fourth-order valence-electron chi connectivity index (χ4n) is 0.697. The van der Waals surface area contributed by atoms with Crippen LogP contribution in [0.5, 0.6) is 0 Å². The summed E-state index contributed by atoms with van der Waals surface area (Å²) in [7, 11) is 1.44. The molecule has 0 radical (unpaired) electrons. The molecule has 0 bridgehead atoms. The highest BCUT2D eigenvalue weighted by molar-refractivity contribution is 9.10. The van der Waals surface area contributed by atoms with Crippen LogP contribution >= 0.6 is 26.6 Å². The first kappa shape index (κ1) is 9.95. The molecule has 0 saturated carbocycles. The molecule has 66 valence electrons. The van der Waals surface area contributed by atoms with Crippen LogP contribution in [0.1, 0.15) is 5.56 Å². The van der Waals surface area contributed by atoms with Crippen molar-refractivity contribution in [1.82, 2.24) is 4.98 Å². The fourth-order valence-corrected chi connectivity index (χ4v) is 2.77. The Hall–Kier alpha value is -0.130. The van der Waals surface area contributed by atoms with Crippen LogP contribution in [0.4, 0.5) is 0 Å². The zero-order valence-corrected chi connectivity index (χ0v) is 9.24. The van der Waals surface area contributed by atoms with Gasteiger partial charge in [0.15, 0.2) is 0 Å². The van der Waals surface area contributed by atoms with Crippen LogP contribution in [0.2, 0.25) is 0 Å². The summed E-state index contributed by atoms with van der Waals surface area (Å²) in [5, 5.41) is 0. The van der Waals surface area contributed by atoms with Crippen LogP contribution in [0.3, 0.4) is 0 Å². The smallest absolute Gasteiger partial charge is 0.248 e. The van der Waals surface area contributed by atoms with Crippen LogP contribution in [-0.2, 0) is 9.05 Å². The van der Waals surface area contributed by atoms with Crippen molar-refractivity contribution in [2.24, 2.45) is 0 Å². The molecule has 1 aromatic heterocycles. The zero-order valence-electron chi connectivity index (χ0n) is 6.08. The topological polar surface area (TPSA) is 47.0 Å². The summed E-state index contributed by atoms with van der Waals surface area (Å²) in [4.78, 5) is 3.80. The number of nitrogens with zero attached hydrogens (tertiary/aromatic N) is 1. The summed E-state index contributed by atoms with van der Waals surface area (Å²) >= 11 is 2.99. The second-order valence-corrected chi connectivity index (χ2v) is 5.52. The molecule has 0 saturated heterocycles. The first-order chi connectivity index (χ1) is 5.41. The van der Waals surface area contributed by atoms with Crippen LogP contribution in [0.15, 0.2) is 21.8 Å². The average molecular weight is 271 g/mol. The van der Waals surface area contributed by atoms with Crippen molar-refractivity contribution in [3.8, 4) is 0 Å². The second kappa shape index (κ2) is 3.32. The molecule has 1 heterocycles. The molecule has 1 rings (SSSR count). The molecular formula is C6H5BrClNO2S. The van der Waals surface area contributed by atoms with Gasteiger partial charge >= 0.3 is 0 Å². The lowest BCUT2D eigenvalue weighted by Crippen LogP contribution is -1.94. The Labute approximate surface area is 83.3 Å². The molecule has 0 aromatic carbocycles. The highest BCUT2D eigenvalue weighted by Crippen LogP contribution is 2.23. The van der Waals surface area contributed by atoms with E-state index in [4.69, 9.17) is 10.7 Å². The van der Waals surface area contributed by atoms with Gasteiger partial charge in [-0.2, -0.15) is 0 Å². The Balaban J connectivity index is 3.43. The molecular weight excluding hydrogens is 265 g/mol. The Kier molecular flexibility index (Phi) is 2.75. The lowest BCUT2D eigenvalue weighted by Gasteiger charge is -1.99. The van der Waals surface area contributed by atoms with Gasteiger partial charge in [0.2, 0.25) is 0 Å². The van der Waals surface area contributed by atoms with Crippen LogP contribution in [0.25, 0.3) is 0 Å². The minimum Gasteiger partial charge on any atom is -0.248 e. The molecule has 0 aliphatic carbocycles. The summed E-state index contributed by atoms with van der Waals surface area (Å²) in [6, 6.07) is 1.46. The number of aromatic nitrogens is 1. The van der Waals surface area contributed by atoms with Crippen molar-refractivity contribution in [3.05, 3.63) is 22.4 Å². The molecule has 0 aliphatic heterocycles. The van der Waals surface area contributed by atoms with Gasteiger partial charge in [0.1, 0.15) is 9.50 Å². The SMILES string of the molecule is Cc1cnc(Br)c(S(=O)(=O)Cl)c1. The molecule has 0 spiro atoms. The number of hydrogen-bond acceptors (Lipinski definition) is 3. The van der Waals surface area contributed by atoms with Crippen LogP contribution in [0, 0.1) is 6.92 Å². The Morgan fingerprint density at radius 2 is 2.17 bits per heavy atom. The van der Waals surface area contributed by atoms with Gasteiger partial charge in [-0.3, -0.25) is 0 Å². The Morgan fingerprint density at radius 1 is 1.58 bits per heavy atom. The predicted octanol–water partition coefficient (Wildman–Crippen LogP) is 2.08. The minimum atomic E-state index is -3.69. The van der Waals surface area contributed by atoms with E-state index < -0.39 is 9.05 Å². The molecule has 0 atom stereocenters. The lowest BCUT2D eigenvalue weighted by molar-refractivity contribution is 0.608. The highest BCUT2D eigenvalue weighted by atomic mass is 79.9. The normalized spacial score (nSPS) is 11.6. The van der Waals surface area contributed by atoms with Gasteiger partial charge in [0, 0.05) is 16.9 Å². The van der Waals surface area contributed by atoms with Gasteiger partial charge in [-0.1, -0.05) is 0 Å². The Bertz CT molecular complexity index is 404.